The molecule has 1 aliphatic heterocycles. The summed E-state index contributed by atoms with van der Waals surface area (Å²) in [5, 5.41) is 3.15. The van der Waals surface area contributed by atoms with Gasteiger partial charge in [-0.25, -0.2) is 4.79 Å². The van der Waals surface area contributed by atoms with E-state index in [4.69, 9.17) is 4.74 Å². The summed E-state index contributed by atoms with van der Waals surface area (Å²) in [6.45, 7) is 2.39. The number of amides is 2. The molecule has 1 heterocycles. The highest BCUT2D eigenvalue weighted by Gasteiger charge is 2.35. The third kappa shape index (κ3) is 3.85. The smallest absolute Gasteiger partial charge is 0.322 e. The normalized spacial score (nSPS) is 19.6. The number of nitrogens with one attached hydrogen (secondary N) is 1. The molecule has 25 heavy (non-hydrogen) atoms. The minimum Gasteiger partial charge on any atom is -0.381 e. The molecule has 0 radical (unpaired) electrons. The van der Waals surface area contributed by atoms with Gasteiger partial charge >= 0.3 is 6.03 Å². The molecule has 1 N–H and O–H groups in total. The molecule has 2 aliphatic rings. The van der Waals surface area contributed by atoms with Gasteiger partial charge in [-0.05, 0) is 30.9 Å². The summed E-state index contributed by atoms with van der Waals surface area (Å²) in [7, 11) is 0. The van der Waals surface area contributed by atoms with E-state index in [1.807, 2.05) is 41.3 Å². The number of rotatable bonds is 5. The lowest BCUT2D eigenvalue weighted by molar-refractivity contribution is 0.167. The van der Waals surface area contributed by atoms with E-state index in [9.17, 15) is 4.79 Å². The topological polar surface area (TPSA) is 41.6 Å². The lowest BCUT2D eigenvalue weighted by Gasteiger charge is -2.26. The van der Waals surface area contributed by atoms with Gasteiger partial charge in [-0.2, -0.15) is 0 Å². The molecule has 4 heteroatoms. The van der Waals surface area contributed by atoms with Crippen molar-refractivity contribution in [3.63, 3.8) is 0 Å². The maximum absolute atomic E-state index is 12.9. The number of urea groups is 1. The third-order valence-corrected chi connectivity index (χ3v) is 4.98. The average Bonchev–Trinajstić information content (AvgIpc) is 3.36. The second-order valence-corrected chi connectivity index (χ2v) is 6.95. The van der Waals surface area contributed by atoms with Crippen LogP contribution in [0.4, 0.5) is 10.5 Å². The van der Waals surface area contributed by atoms with Gasteiger partial charge in [0.1, 0.15) is 0 Å². The fourth-order valence-corrected chi connectivity index (χ4v) is 3.44. The Labute approximate surface area is 148 Å². The van der Waals surface area contributed by atoms with E-state index in [0.717, 1.165) is 55.8 Å². The van der Waals surface area contributed by atoms with Crippen LogP contribution in [0.25, 0.3) is 11.1 Å². The first kappa shape index (κ1) is 16.2. The number of anilines is 1. The Kier molecular flexibility index (Phi) is 4.70. The molecule has 1 atom stereocenters. The monoisotopic (exact) mass is 336 g/mol. The number of benzene rings is 2. The van der Waals surface area contributed by atoms with Crippen molar-refractivity contribution in [1.29, 1.82) is 0 Å². The van der Waals surface area contributed by atoms with Crippen molar-refractivity contribution in [3.05, 3.63) is 54.6 Å². The van der Waals surface area contributed by atoms with Crippen molar-refractivity contribution in [1.82, 2.24) is 4.90 Å². The van der Waals surface area contributed by atoms with Crippen molar-refractivity contribution in [2.75, 3.05) is 25.1 Å². The average molecular weight is 336 g/mol. The van der Waals surface area contributed by atoms with Crippen molar-refractivity contribution in [2.45, 2.75) is 25.3 Å². The molecule has 1 saturated carbocycles. The van der Waals surface area contributed by atoms with E-state index in [1.165, 1.54) is 0 Å². The number of hydrogen-bond acceptors (Lipinski definition) is 2. The molecular formula is C21H24N2O2. The highest BCUT2D eigenvalue weighted by Crippen LogP contribution is 2.31. The van der Waals surface area contributed by atoms with Crippen molar-refractivity contribution in [2.24, 2.45) is 5.92 Å². The Hall–Kier alpha value is -2.33. The molecule has 1 saturated heterocycles. The standard InChI is InChI=1S/C21H24N2O2/c24-21(23(18-10-11-18)14-16-12-13-25-15-16)22-20-9-5-4-8-19(20)17-6-2-1-3-7-17/h1-9,16,18H,10-15H2,(H,22,24). The predicted molar refractivity (Wildman–Crippen MR) is 99.6 cm³/mol. The van der Waals surface area contributed by atoms with Crippen LogP contribution < -0.4 is 5.32 Å². The van der Waals surface area contributed by atoms with Crippen molar-refractivity contribution >= 4 is 11.7 Å². The molecular weight excluding hydrogens is 312 g/mol. The molecule has 4 nitrogen and oxygen atoms in total. The molecule has 0 aromatic heterocycles. The molecule has 0 spiro atoms. The van der Waals surface area contributed by atoms with Crippen LogP contribution in [0, 0.1) is 5.92 Å². The summed E-state index contributed by atoms with van der Waals surface area (Å²) in [4.78, 5) is 15.0. The molecule has 4 rings (SSSR count). The fraction of sp³-hybridized carbons (Fsp3) is 0.381. The maximum Gasteiger partial charge on any atom is 0.322 e. The quantitative estimate of drug-likeness (QED) is 0.880. The highest BCUT2D eigenvalue weighted by molar-refractivity contribution is 5.94. The minimum atomic E-state index is 0.0118. The minimum absolute atomic E-state index is 0.0118. The molecule has 2 aromatic rings. The molecule has 2 aromatic carbocycles. The Bertz CT molecular complexity index is 722. The van der Waals surface area contributed by atoms with E-state index >= 15 is 0 Å². The highest BCUT2D eigenvalue weighted by atomic mass is 16.5. The Balaban J connectivity index is 1.51. The van der Waals surface area contributed by atoms with Gasteiger partial charge in [-0.3, -0.25) is 0 Å². The van der Waals surface area contributed by atoms with Crippen LogP contribution >= 0.6 is 0 Å². The van der Waals surface area contributed by atoms with Gasteiger partial charge in [-0.1, -0.05) is 48.5 Å². The van der Waals surface area contributed by atoms with Crippen LogP contribution in [0.15, 0.2) is 54.6 Å². The van der Waals surface area contributed by atoms with Crippen molar-refractivity contribution < 1.29 is 9.53 Å². The van der Waals surface area contributed by atoms with Crippen LogP contribution in [-0.2, 0) is 4.74 Å². The second-order valence-electron chi connectivity index (χ2n) is 6.95. The Morgan fingerprint density at radius 2 is 1.80 bits per heavy atom. The van der Waals surface area contributed by atoms with E-state index in [0.29, 0.717) is 12.0 Å². The first-order valence-electron chi connectivity index (χ1n) is 9.11. The van der Waals surface area contributed by atoms with Crippen molar-refractivity contribution in [3.8, 4) is 11.1 Å². The number of carbonyl (C=O) groups is 1. The first-order valence-corrected chi connectivity index (χ1v) is 9.11. The Morgan fingerprint density at radius 1 is 1.04 bits per heavy atom. The van der Waals surface area contributed by atoms with Crippen LogP contribution in [-0.4, -0.2) is 36.7 Å². The fourth-order valence-electron chi connectivity index (χ4n) is 3.44. The molecule has 1 aliphatic carbocycles. The molecule has 0 bridgehead atoms. The zero-order chi connectivity index (χ0) is 17.1. The number of nitrogens with zero attached hydrogens (tertiary/aromatic N) is 1. The van der Waals surface area contributed by atoms with Gasteiger partial charge in [-0.15, -0.1) is 0 Å². The lowest BCUT2D eigenvalue weighted by Crippen LogP contribution is -2.40. The SMILES string of the molecule is O=C(Nc1ccccc1-c1ccccc1)N(CC1CCOC1)C1CC1. The van der Waals surface area contributed by atoms with E-state index < -0.39 is 0 Å². The van der Waals surface area contributed by atoms with Crippen LogP contribution in [0.2, 0.25) is 0 Å². The number of ether oxygens (including phenoxy) is 1. The van der Waals surface area contributed by atoms with Gasteiger partial charge in [0, 0.05) is 30.7 Å². The predicted octanol–water partition coefficient (Wildman–Crippen LogP) is 4.39. The molecule has 2 fully saturated rings. The summed E-state index contributed by atoms with van der Waals surface area (Å²) in [6.07, 6.45) is 3.28. The lowest BCUT2D eigenvalue weighted by atomic mass is 10.0. The maximum atomic E-state index is 12.9. The summed E-state index contributed by atoms with van der Waals surface area (Å²) in [6, 6.07) is 18.6. The summed E-state index contributed by atoms with van der Waals surface area (Å²) in [5.74, 6) is 0.468. The number of carbonyl (C=O) groups excluding carboxylic acids is 1. The van der Waals surface area contributed by atoms with Gasteiger partial charge in [0.2, 0.25) is 0 Å². The second kappa shape index (κ2) is 7.28. The van der Waals surface area contributed by atoms with E-state index in [2.05, 4.69) is 23.5 Å². The van der Waals surface area contributed by atoms with Crippen LogP contribution in [0.1, 0.15) is 19.3 Å². The first-order chi connectivity index (χ1) is 12.3. The zero-order valence-corrected chi connectivity index (χ0v) is 14.4. The molecule has 1 unspecified atom stereocenters. The van der Waals surface area contributed by atoms with Crippen LogP contribution in [0.5, 0.6) is 0 Å². The number of hydrogen-bond donors (Lipinski definition) is 1. The van der Waals surface area contributed by atoms with Gasteiger partial charge < -0.3 is 15.0 Å². The van der Waals surface area contributed by atoms with Crippen LogP contribution in [0.3, 0.4) is 0 Å². The summed E-state index contributed by atoms with van der Waals surface area (Å²) in [5.41, 5.74) is 3.03. The van der Waals surface area contributed by atoms with Gasteiger partial charge in [0.15, 0.2) is 0 Å². The summed E-state index contributed by atoms with van der Waals surface area (Å²) < 4.78 is 5.47. The molecule has 2 amide bonds. The number of para-hydroxylation sites is 1. The summed E-state index contributed by atoms with van der Waals surface area (Å²) >= 11 is 0. The Morgan fingerprint density at radius 3 is 2.52 bits per heavy atom. The third-order valence-electron chi connectivity index (χ3n) is 4.98. The zero-order valence-electron chi connectivity index (χ0n) is 14.4. The molecule has 130 valence electrons. The van der Waals surface area contributed by atoms with Gasteiger partial charge in [0.25, 0.3) is 0 Å². The van der Waals surface area contributed by atoms with Gasteiger partial charge in [0.05, 0.1) is 12.3 Å². The van der Waals surface area contributed by atoms with E-state index in [-0.39, 0.29) is 6.03 Å². The van der Waals surface area contributed by atoms with E-state index in [1.54, 1.807) is 0 Å². The largest absolute Gasteiger partial charge is 0.381 e.